The summed E-state index contributed by atoms with van der Waals surface area (Å²) in [7, 11) is 1.62. The van der Waals surface area contributed by atoms with E-state index in [-0.39, 0.29) is 20.1 Å². The summed E-state index contributed by atoms with van der Waals surface area (Å²) < 4.78 is 12.9. The molecule has 0 amide bonds. The summed E-state index contributed by atoms with van der Waals surface area (Å²) in [6.07, 6.45) is 1.69. The summed E-state index contributed by atoms with van der Waals surface area (Å²) in [5.41, 5.74) is 2.37. The van der Waals surface area contributed by atoms with Gasteiger partial charge in [0.15, 0.2) is 0 Å². The Balaban J connectivity index is 0.00000132. The van der Waals surface area contributed by atoms with E-state index < -0.39 is 0 Å². The van der Waals surface area contributed by atoms with Crippen LogP contribution in [0, 0.1) is 6.07 Å². The van der Waals surface area contributed by atoms with Crippen LogP contribution in [0.3, 0.4) is 0 Å². The van der Waals surface area contributed by atoms with Crippen molar-refractivity contribution in [2.24, 2.45) is 0 Å². The van der Waals surface area contributed by atoms with Crippen molar-refractivity contribution < 1.29 is 29.3 Å². The SMILES string of the molecule is COc1ccnn1-c1[c-]ccc2c1oc1ccccc12.[Ir]. The van der Waals surface area contributed by atoms with Gasteiger partial charge in [0.1, 0.15) is 5.58 Å². The zero-order valence-corrected chi connectivity index (χ0v) is 13.6. The molecule has 0 aliphatic heterocycles. The molecule has 0 unspecified atom stereocenters. The molecule has 4 rings (SSSR count). The molecule has 0 spiro atoms. The van der Waals surface area contributed by atoms with Gasteiger partial charge in [-0.2, -0.15) is 23.3 Å². The second kappa shape index (κ2) is 5.35. The quantitative estimate of drug-likeness (QED) is 0.434. The Hall–Kier alpha value is -2.10. The largest absolute Gasteiger partial charge is 0.513 e. The predicted molar refractivity (Wildman–Crippen MR) is 76.2 cm³/mol. The summed E-state index contributed by atoms with van der Waals surface area (Å²) in [6.45, 7) is 0. The van der Waals surface area contributed by atoms with Gasteiger partial charge in [-0.15, -0.1) is 0 Å². The number of furan rings is 1. The Kier molecular flexibility index (Phi) is 3.53. The van der Waals surface area contributed by atoms with E-state index in [1.807, 2.05) is 36.4 Å². The van der Waals surface area contributed by atoms with E-state index in [4.69, 9.17) is 9.15 Å². The first-order chi connectivity index (χ1) is 9.88. The molecule has 1 radical (unpaired) electrons. The van der Waals surface area contributed by atoms with Crippen LogP contribution in [0.15, 0.2) is 53.1 Å². The van der Waals surface area contributed by atoms with Crippen LogP contribution in [-0.2, 0) is 20.1 Å². The zero-order chi connectivity index (χ0) is 13.5. The molecule has 4 nitrogen and oxygen atoms in total. The van der Waals surface area contributed by atoms with Crippen molar-refractivity contribution in [1.82, 2.24) is 9.78 Å². The van der Waals surface area contributed by atoms with Gasteiger partial charge in [-0.05, 0) is 11.8 Å². The maximum Gasteiger partial charge on any atom is 0.214 e. The number of benzene rings is 2. The molecular formula is C16H11IrN2O2-. The summed E-state index contributed by atoms with van der Waals surface area (Å²) in [5.74, 6) is 0.647. The zero-order valence-electron chi connectivity index (χ0n) is 11.2. The predicted octanol–water partition coefficient (Wildman–Crippen LogP) is 3.58. The molecule has 4 aromatic rings. The van der Waals surface area contributed by atoms with Crippen LogP contribution in [-0.4, -0.2) is 16.9 Å². The van der Waals surface area contributed by atoms with Gasteiger partial charge in [-0.3, -0.25) is 0 Å². The minimum atomic E-state index is 0. The molecule has 21 heavy (non-hydrogen) atoms. The van der Waals surface area contributed by atoms with Gasteiger partial charge in [0.05, 0.1) is 13.3 Å². The topological polar surface area (TPSA) is 40.2 Å². The smallest absolute Gasteiger partial charge is 0.214 e. The molecule has 5 heteroatoms. The standard InChI is InChI=1S/C16H11N2O2.Ir/c1-19-15-9-10-17-18(15)13-7-4-6-12-11-5-2-3-8-14(11)20-16(12)13;/h2-6,8-10H,1H3;/q-1;. The second-order valence-corrected chi connectivity index (χ2v) is 4.45. The van der Waals surface area contributed by atoms with Crippen molar-refractivity contribution in [3.05, 3.63) is 54.7 Å². The fraction of sp³-hybridized carbons (Fsp3) is 0.0625. The minimum absolute atomic E-state index is 0. The summed E-state index contributed by atoms with van der Waals surface area (Å²) >= 11 is 0. The van der Waals surface area contributed by atoms with E-state index in [0.29, 0.717) is 5.88 Å². The third-order valence-corrected chi connectivity index (χ3v) is 3.35. The molecule has 2 aromatic carbocycles. The van der Waals surface area contributed by atoms with Crippen molar-refractivity contribution in [3.8, 4) is 11.6 Å². The van der Waals surface area contributed by atoms with E-state index in [2.05, 4.69) is 11.2 Å². The van der Waals surface area contributed by atoms with Crippen LogP contribution >= 0.6 is 0 Å². The van der Waals surface area contributed by atoms with Gasteiger partial charge >= 0.3 is 0 Å². The molecule has 0 saturated carbocycles. The summed E-state index contributed by atoms with van der Waals surface area (Å²) in [5, 5.41) is 6.41. The molecule has 0 fully saturated rings. The Morgan fingerprint density at radius 3 is 2.86 bits per heavy atom. The molecule has 0 N–H and O–H groups in total. The molecule has 0 saturated heterocycles. The minimum Gasteiger partial charge on any atom is -0.513 e. The number of hydrogen-bond acceptors (Lipinski definition) is 3. The molecule has 0 aliphatic carbocycles. The number of ether oxygens (including phenoxy) is 1. The third-order valence-electron chi connectivity index (χ3n) is 3.35. The van der Waals surface area contributed by atoms with Gasteiger partial charge in [-0.1, -0.05) is 23.6 Å². The van der Waals surface area contributed by atoms with Crippen molar-refractivity contribution in [2.45, 2.75) is 0 Å². The average Bonchev–Trinajstić information content (AvgIpc) is 3.10. The number of fused-ring (bicyclic) bond motifs is 3. The van der Waals surface area contributed by atoms with E-state index in [1.54, 1.807) is 24.1 Å². The molecule has 0 aliphatic rings. The average molecular weight is 455 g/mol. The van der Waals surface area contributed by atoms with Crippen molar-refractivity contribution in [2.75, 3.05) is 7.11 Å². The van der Waals surface area contributed by atoms with Crippen LogP contribution in [0.5, 0.6) is 5.88 Å². The number of aromatic nitrogens is 2. The Bertz CT molecular complexity index is 911. The van der Waals surface area contributed by atoms with Crippen LogP contribution in [0.2, 0.25) is 0 Å². The van der Waals surface area contributed by atoms with Crippen LogP contribution in [0.1, 0.15) is 0 Å². The Labute approximate surface area is 134 Å². The second-order valence-electron chi connectivity index (χ2n) is 4.45. The Morgan fingerprint density at radius 2 is 2.00 bits per heavy atom. The van der Waals surface area contributed by atoms with Gasteiger partial charge < -0.3 is 9.15 Å². The molecule has 0 atom stereocenters. The first kappa shape index (κ1) is 13.9. The number of rotatable bonds is 2. The van der Waals surface area contributed by atoms with E-state index >= 15 is 0 Å². The molecular weight excluding hydrogens is 444 g/mol. The third kappa shape index (κ3) is 2.06. The van der Waals surface area contributed by atoms with Crippen molar-refractivity contribution in [1.29, 1.82) is 0 Å². The number of hydrogen-bond donors (Lipinski definition) is 0. The first-order valence-electron chi connectivity index (χ1n) is 6.29. The number of para-hydroxylation sites is 1. The summed E-state index contributed by atoms with van der Waals surface area (Å²) in [6, 6.07) is 16.8. The van der Waals surface area contributed by atoms with Gasteiger partial charge in [0, 0.05) is 37.1 Å². The first-order valence-corrected chi connectivity index (χ1v) is 6.29. The number of methoxy groups -OCH3 is 1. The van der Waals surface area contributed by atoms with Gasteiger partial charge in [0.25, 0.3) is 0 Å². The Morgan fingerprint density at radius 1 is 1.14 bits per heavy atom. The monoisotopic (exact) mass is 456 g/mol. The van der Waals surface area contributed by atoms with E-state index in [1.165, 1.54) is 0 Å². The fourth-order valence-electron chi connectivity index (χ4n) is 2.45. The molecule has 0 bridgehead atoms. The van der Waals surface area contributed by atoms with Gasteiger partial charge in [-0.25, -0.2) is 4.68 Å². The van der Waals surface area contributed by atoms with E-state index in [0.717, 1.165) is 27.6 Å². The van der Waals surface area contributed by atoms with Crippen molar-refractivity contribution >= 4 is 21.9 Å². The molecule has 2 heterocycles. The van der Waals surface area contributed by atoms with E-state index in [9.17, 15) is 0 Å². The number of nitrogens with zero attached hydrogens (tertiary/aromatic N) is 2. The summed E-state index contributed by atoms with van der Waals surface area (Å²) in [4.78, 5) is 0. The van der Waals surface area contributed by atoms with Crippen LogP contribution in [0.25, 0.3) is 27.6 Å². The normalized spacial score (nSPS) is 10.7. The molecule has 2 aromatic heterocycles. The maximum absolute atomic E-state index is 5.96. The van der Waals surface area contributed by atoms with Crippen molar-refractivity contribution in [3.63, 3.8) is 0 Å². The van der Waals surface area contributed by atoms with Crippen LogP contribution in [0.4, 0.5) is 0 Å². The fourth-order valence-corrected chi connectivity index (χ4v) is 2.45. The van der Waals surface area contributed by atoms with Crippen LogP contribution < -0.4 is 4.74 Å². The van der Waals surface area contributed by atoms with Gasteiger partial charge in [0.2, 0.25) is 5.88 Å². The molecule has 107 valence electrons. The maximum atomic E-state index is 5.96.